The Morgan fingerprint density at radius 3 is 3.00 bits per heavy atom. The van der Waals surface area contributed by atoms with Crippen LogP contribution in [0.3, 0.4) is 0 Å². The van der Waals surface area contributed by atoms with E-state index in [4.69, 9.17) is 0 Å². The average molecular weight is 187 g/mol. The summed E-state index contributed by atoms with van der Waals surface area (Å²) in [7, 11) is 0. The molecule has 3 heteroatoms. The minimum absolute atomic E-state index is 0.765. The van der Waals surface area contributed by atoms with Crippen molar-refractivity contribution in [1.82, 2.24) is 9.33 Å². The zero-order valence-electron chi connectivity index (χ0n) is 4.84. The Morgan fingerprint density at radius 2 is 2.44 bits per heavy atom. The van der Waals surface area contributed by atoms with Gasteiger partial charge in [0.05, 0.1) is 5.69 Å². The van der Waals surface area contributed by atoms with Crippen LogP contribution >= 0.6 is 16.1 Å². The predicted octanol–water partition coefficient (Wildman–Crippen LogP) is 1.48. The maximum atomic E-state index is 4.08. The first-order chi connectivity index (χ1) is 4.43. The maximum absolute atomic E-state index is 4.08. The molecule has 1 heterocycles. The first-order valence-electron chi connectivity index (χ1n) is 2.67. The largest absolute Gasteiger partial charge is 0.260 e. The highest BCUT2D eigenvalue weighted by Gasteiger charge is 1.86. The molecular formula is C6H7BrN2. The van der Waals surface area contributed by atoms with Crippen LogP contribution in [0, 0.1) is 0 Å². The minimum atomic E-state index is 0.765. The molecule has 0 unspecified atom stereocenters. The normalized spacial score (nSPS) is 9.44. The van der Waals surface area contributed by atoms with E-state index in [1.54, 1.807) is 6.20 Å². The van der Waals surface area contributed by atoms with Crippen molar-refractivity contribution in [3.63, 3.8) is 0 Å². The van der Waals surface area contributed by atoms with E-state index in [1.807, 2.05) is 18.2 Å². The number of hydrogen-bond acceptors (Lipinski definition) is 2. The van der Waals surface area contributed by atoms with Gasteiger partial charge in [0.2, 0.25) is 0 Å². The number of halogens is 1. The lowest BCUT2D eigenvalue weighted by molar-refractivity contribution is 0.935. The summed E-state index contributed by atoms with van der Waals surface area (Å²) in [6.45, 7) is 0.765. The summed E-state index contributed by atoms with van der Waals surface area (Å²) >= 11 is 3.10. The molecule has 0 aliphatic heterocycles. The van der Waals surface area contributed by atoms with Crippen molar-refractivity contribution in [3.05, 3.63) is 30.1 Å². The Labute approximate surface area is 62.6 Å². The Morgan fingerprint density at radius 1 is 1.56 bits per heavy atom. The summed E-state index contributed by atoms with van der Waals surface area (Å²) < 4.78 is 2.83. The Kier molecular flexibility index (Phi) is 2.67. The lowest BCUT2D eigenvalue weighted by Crippen LogP contribution is -1.98. The van der Waals surface area contributed by atoms with Gasteiger partial charge in [-0.2, -0.15) is 0 Å². The summed E-state index contributed by atoms with van der Waals surface area (Å²) in [5.41, 5.74) is 1.04. The number of pyridine rings is 1. The molecule has 2 nitrogen and oxygen atoms in total. The van der Waals surface area contributed by atoms with Crippen molar-refractivity contribution >= 4 is 16.1 Å². The van der Waals surface area contributed by atoms with Gasteiger partial charge in [0.15, 0.2) is 0 Å². The van der Waals surface area contributed by atoms with Gasteiger partial charge in [-0.3, -0.25) is 4.98 Å². The van der Waals surface area contributed by atoms with Crippen molar-refractivity contribution in [2.24, 2.45) is 0 Å². The number of rotatable bonds is 2. The molecule has 1 N–H and O–H groups in total. The Hall–Kier alpha value is -0.410. The molecule has 9 heavy (non-hydrogen) atoms. The van der Waals surface area contributed by atoms with Crippen molar-refractivity contribution in [1.29, 1.82) is 0 Å². The van der Waals surface area contributed by atoms with Gasteiger partial charge in [0, 0.05) is 28.9 Å². The molecule has 48 valence electrons. The molecule has 0 bridgehead atoms. The van der Waals surface area contributed by atoms with E-state index in [0.717, 1.165) is 12.2 Å². The van der Waals surface area contributed by atoms with Crippen molar-refractivity contribution in [3.8, 4) is 0 Å². The summed E-state index contributed by atoms with van der Waals surface area (Å²) in [6, 6.07) is 5.83. The topological polar surface area (TPSA) is 24.9 Å². The lowest BCUT2D eigenvalue weighted by Gasteiger charge is -1.93. The fourth-order valence-corrected chi connectivity index (χ4v) is 0.858. The monoisotopic (exact) mass is 186 g/mol. The van der Waals surface area contributed by atoms with Gasteiger partial charge < -0.3 is 0 Å². The molecule has 0 amide bonds. The second kappa shape index (κ2) is 3.58. The van der Waals surface area contributed by atoms with E-state index >= 15 is 0 Å². The molecule has 0 saturated heterocycles. The Balaban J connectivity index is 2.61. The van der Waals surface area contributed by atoms with Gasteiger partial charge in [-0.25, -0.2) is 4.34 Å². The van der Waals surface area contributed by atoms with E-state index in [2.05, 4.69) is 25.5 Å². The van der Waals surface area contributed by atoms with Crippen molar-refractivity contribution in [2.75, 3.05) is 0 Å². The number of nitrogens with zero attached hydrogens (tertiary/aromatic N) is 1. The SMILES string of the molecule is BrNCc1ccccn1. The fraction of sp³-hybridized carbons (Fsp3) is 0.167. The van der Waals surface area contributed by atoms with Crippen LogP contribution in [0.1, 0.15) is 5.69 Å². The van der Waals surface area contributed by atoms with Crippen molar-refractivity contribution in [2.45, 2.75) is 6.54 Å². The maximum Gasteiger partial charge on any atom is 0.0550 e. The van der Waals surface area contributed by atoms with Gasteiger partial charge >= 0.3 is 0 Å². The summed E-state index contributed by atoms with van der Waals surface area (Å²) in [4.78, 5) is 4.08. The van der Waals surface area contributed by atoms with E-state index in [9.17, 15) is 0 Å². The third-order valence-corrected chi connectivity index (χ3v) is 1.25. The third kappa shape index (κ3) is 2.11. The molecule has 0 atom stereocenters. The molecule has 0 aliphatic carbocycles. The van der Waals surface area contributed by atoms with Crippen molar-refractivity contribution < 1.29 is 0 Å². The van der Waals surface area contributed by atoms with Crippen LogP contribution in [-0.2, 0) is 6.54 Å². The minimum Gasteiger partial charge on any atom is -0.260 e. The average Bonchev–Trinajstić information content (AvgIpc) is 1.91. The first-order valence-corrected chi connectivity index (χ1v) is 3.46. The molecule has 0 spiro atoms. The standard InChI is InChI=1S/C6H7BrN2/c7-9-5-6-3-1-2-4-8-6/h1-4,9H,5H2. The van der Waals surface area contributed by atoms with Crippen LogP contribution in [0.4, 0.5) is 0 Å². The zero-order valence-corrected chi connectivity index (χ0v) is 6.43. The van der Waals surface area contributed by atoms with Crippen LogP contribution in [0.2, 0.25) is 0 Å². The smallest absolute Gasteiger partial charge is 0.0550 e. The molecule has 1 aromatic heterocycles. The van der Waals surface area contributed by atoms with Crippen LogP contribution in [0.15, 0.2) is 24.4 Å². The molecule has 1 aromatic rings. The quantitative estimate of drug-likeness (QED) is 0.709. The molecule has 0 aromatic carbocycles. The number of aromatic nitrogens is 1. The second-order valence-corrected chi connectivity index (χ2v) is 2.19. The predicted molar refractivity (Wildman–Crippen MR) is 40.0 cm³/mol. The highest BCUT2D eigenvalue weighted by atomic mass is 79.9. The summed E-state index contributed by atoms with van der Waals surface area (Å²) in [6.07, 6.45) is 1.78. The van der Waals surface area contributed by atoms with Gasteiger partial charge in [0.25, 0.3) is 0 Å². The first kappa shape index (κ1) is 6.71. The molecule has 0 aliphatic rings. The van der Waals surface area contributed by atoms with Crippen LogP contribution in [0.5, 0.6) is 0 Å². The van der Waals surface area contributed by atoms with Gasteiger partial charge in [-0.05, 0) is 12.1 Å². The van der Waals surface area contributed by atoms with E-state index in [-0.39, 0.29) is 0 Å². The van der Waals surface area contributed by atoms with Gasteiger partial charge in [-0.1, -0.05) is 6.07 Å². The van der Waals surface area contributed by atoms with E-state index in [1.165, 1.54) is 0 Å². The number of hydrogen-bond donors (Lipinski definition) is 1. The summed E-state index contributed by atoms with van der Waals surface area (Å²) in [5, 5.41) is 0. The van der Waals surface area contributed by atoms with E-state index in [0.29, 0.717) is 0 Å². The van der Waals surface area contributed by atoms with Gasteiger partial charge in [-0.15, -0.1) is 0 Å². The molecule has 0 radical (unpaired) electrons. The van der Waals surface area contributed by atoms with Crippen LogP contribution in [0.25, 0.3) is 0 Å². The molecule has 0 saturated carbocycles. The highest BCUT2D eigenvalue weighted by molar-refractivity contribution is 9.08. The molecule has 1 rings (SSSR count). The van der Waals surface area contributed by atoms with Crippen LogP contribution < -0.4 is 4.34 Å². The summed E-state index contributed by atoms with van der Waals surface area (Å²) in [5.74, 6) is 0. The lowest BCUT2D eigenvalue weighted by atomic mass is 10.4. The zero-order chi connectivity index (χ0) is 6.53. The highest BCUT2D eigenvalue weighted by Crippen LogP contribution is 1.91. The third-order valence-electron chi connectivity index (χ3n) is 0.974. The Bertz CT molecular complexity index is 164. The fourth-order valence-electron chi connectivity index (χ4n) is 0.571. The van der Waals surface area contributed by atoms with E-state index < -0.39 is 0 Å². The van der Waals surface area contributed by atoms with Crippen LogP contribution in [-0.4, -0.2) is 4.98 Å². The van der Waals surface area contributed by atoms with Gasteiger partial charge in [0.1, 0.15) is 0 Å². The molecule has 0 fully saturated rings. The number of nitrogens with one attached hydrogen (secondary N) is 1. The molecular weight excluding hydrogens is 180 g/mol. The second-order valence-electron chi connectivity index (χ2n) is 1.63.